The van der Waals surface area contributed by atoms with Crippen LogP contribution in [0.1, 0.15) is 25.7 Å². The van der Waals surface area contributed by atoms with Crippen LogP contribution >= 0.6 is 0 Å². The average molecular weight is 154 g/mol. The summed E-state index contributed by atoms with van der Waals surface area (Å²) in [7, 11) is 0. The van der Waals surface area contributed by atoms with Gasteiger partial charge in [-0.05, 0) is 31.6 Å². The highest BCUT2D eigenvalue weighted by atomic mass is 16.5. The molecule has 0 aromatic rings. The Morgan fingerprint density at radius 2 is 2.45 bits per heavy atom. The van der Waals surface area contributed by atoms with Crippen LogP contribution in [-0.2, 0) is 9.53 Å². The van der Waals surface area contributed by atoms with Crippen molar-refractivity contribution in [2.75, 3.05) is 6.61 Å². The molecule has 0 aromatic carbocycles. The molecule has 0 saturated heterocycles. The van der Waals surface area contributed by atoms with Crippen LogP contribution in [0.3, 0.4) is 0 Å². The zero-order chi connectivity index (χ0) is 7.94. The molecular formula is C9H14O2. The third-order valence-corrected chi connectivity index (χ3v) is 2.09. The van der Waals surface area contributed by atoms with E-state index in [-0.39, 0.29) is 0 Å². The summed E-state index contributed by atoms with van der Waals surface area (Å²) < 4.78 is 4.63. The molecule has 1 aliphatic rings. The molecule has 1 atom stereocenters. The van der Waals surface area contributed by atoms with E-state index in [4.69, 9.17) is 0 Å². The fraction of sp³-hybridized carbons (Fsp3) is 0.667. The normalized spacial score (nSPS) is 23.1. The molecular weight excluding hydrogens is 140 g/mol. The van der Waals surface area contributed by atoms with Crippen LogP contribution in [0, 0.1) is 5.92 Å². The van der Waals surface area contributed by atoms with Crippen molar-refractivity contribution in [3.8, 4) is 0 Å². The van der Waals surface area contributed by atoms with E-state index in [1.165, 1.54) is 12.8 Å². The number of hydrogen-bond donors (Lipinski definition) is 0. The van der Waals surface area contributed by atoms with Gasteiger partial charge in [0.2, 0.25) is 0 Å². The smallest absolute Gasteiger partial charge is 0.293 e. The first kappa shape index (κ1) is 8.31. The first-order chi connectivity index (χ1) is 5.43. The molecule has 0 unspecified atom stereocenters. The van der Waals surface area contributed by atoms with Crippen LogP contribution in [0.2, 0.25) is 0 Å². The minimum atomic E-state index is 0.526. The number of ether oxygens (including phenoxy) is 1. The highest BCUT2D eigenvalue weighted by Gasteiger charge is 2.08. The zero-order valence-electron chi connectivity index (χ0n) is 6.66. The highest BCUT2D eigenvalue weighted by Crippen LogP contribution is 2.20. The van der Waals surface area contributed by atoms with Crippen molar-refractivity contribution in [2.24, 2.45) is 5.92 Å². The summed E-state index contributed by atoms with van der Waals surface area (Å²) in [5.41, 5.74) is 0. The van der Waals surface area contributed by atoms with Crippen LogP contribution in [0.5, 0.6) is 0 Å². The summed E-state index contributed by atoms with van der Waals surface area (Å²) in [4.78, 5) is 9.81. The van der Waals surface area contributed by atoms with Gasteiger partial charge in [-0.3, -0.25) is 4.79 Å². The lowest BCUT2D eigenvalue weighted by atomic mass is 9.92. The zero-order valence-corrected chi connectivity index (χ0v) is 6.66. The lowest BCUT2D eigenvalue weighted by Gasteiger charge is -2.16. The third-order valence-electron chi connectivity index (χ3n) is 2.09. The molecule has 0 bridgehead atoms. The van der Waals surface area contributed by atoms with Crippen LogP contribution in [0.15, 0.2) is 12.2 Å². The molecule has 0 fully saturated rings. The summed E-state index contributed by atoms with van der Waals surface area (Å²) in [6.45, 7) is 1.11. The Morgan fingerprint density at radius 1 is 1.55 bits per heavy atom. The summed E-state index contributed by atoms with van der Waals surface area (Å²) in [5, 5.41) is 0. The first-order valence-electron chi connectivity index (χ1n) is 4.13. The molecule has 62 valence electrons. The maximum Gasteiger partial charge on any atom is 0.293 e. The Balaban J connectivity index is 2.06. The minimum absolute atomic E-state index is 0.526. The van der Waals surface area contributed by atoms with E-state index < -0.39 is 0 Å². The molecule has 1 rings (SSSR count). The molecule has 0 amide bonds. The van der Waals surface area contributed by atoms with Gasteiger partial charge >= 0.3 is 0 Å². The van der Waals surface area contributed by atoms with Crippen LogP contribution in [0.25, 0.3) is 0 Å². The Labute approximate surface area is 67.2 Å². The van der Waals surface area contributed by atoms with Gasteiger partial charge in [-0.15, -0.1) is 0 Å². The van der Waals surface area contributed by atoms with Gasteiger partial charge in [-0.25, -0.2) is 0 Å². The largest absolute Gasteiger partial charge is 0.468 e. The summed E-state index contributed by atoms with van der Waals surface area (Å²) in [6.07, 6.45) is 9.04. The highest BCUT2D eigenvalue weighted by molar-refractivity contribution is 5.36. The Morgan fingerprint density at radius 3 is 3.09 bits per heavy atom. The second kappa shape index (κ2) is 4.94. The minimum Gasteiger partial charge on any atom is -0.468 e. The van der Waals surface area contributed by atoms with Crippen molar-refractivity contribution in [2.45, 2.75) is 25.7 Å². The molecule has 0 aromatic heterocycles. The summed E-state index contributed by atoms with van der Waals surface area (Å²) >= 11 is 0. The monoisotopic (exact) mass is 154 g/mol. The Bertz CT molecular complexity index is 140. The predicted molar refractivity (Wildman–Crippen MR) is 43.1 cm³/mol. The molecule has 2 heteroatoms. The van der Waals surface area contributed by atoms with E-state index in [0.717, 1.165) is 18.8 Å². The molecule has 0 aliphatic heterocycles. The van der Waals surface area contributed by atoms with Gasteiger partial charge in [0, 0.05) is 0 Å². The first-order valence-corrected chi connectivity index (χ1v) is 4.13. The third kappa shape index (κ3) is 3.21. The SMILES string of the molecule is O=COCC[C@@H]1CC=CCC1. The van der Waals surface area contributed by atoms with Crippen molar-refractivity contribution in [1.82, 2.24) is 0 Å². The molecule has 0 heterocycles. The van der Waals surface area contributed by atoms with Gasteiger partial charge in [-0.1, -0.05) is 12.2 Å². The molecule has 0 N–H and O–H groups in total. The van der Waals surface area contributed by atoms with E-state index >= 15 is 0 Å². The second-order valence-electron chi connectivity index (χ2n) is 2.91. The molecule has 0 saturated carbocycles. The number of carbonyl (C=O) groups excluding carboxylic acids is 1. The molecule has 11 heavy (non-hydrogen) atoms. The van der Waals surface area contributed by atoms with E-state index in [2.05, 4.69) is 16.9 Å². The molecule has 0 spiro atoms. The fourth-order valence-corrected chi connectivity index (χ4v) is 1.40. The maximum absolute atomic E-state index is 9.81. The predicted octanol–water partition coefficient (Wildman–Crippen LogP) is 1.91. The summed E-state index contributed by atoms with van der Waals surface area (Å²) in [5.74, 6) is 0.736. The lowest BCUT2D eigenvalue weighted by molar-refractivity contribution is -0.129. The van der Waals surface area contributed by atoms with Crippen molar-refractivity contribution in [1.29, 1.82) is 0 Å². The van der Waals surface area contributed by atoms with E-state index in [1.54, 1.807) is 0 Å². The fourth-order valence-electron chi connectivity index (χ4n) is 1.40. The maximum atomic E-state index is 9.81. The Kier molecular flexibility index (Phi) is 3.73. The van der Waals surface area contributed by atoms with Gasteiger partial charge in [0.1, 0.15) is 0 Å². The molecule has 1 aliphatic carbocycles. The quantitative estimate of drug-likeness (QED) is 0.351. The number of allylic oxidation sites excluding steroid dienone is 2. The summed E-state index contributed by atoms with van der Waals surface area (Å²) in [6, 6.07) is 0. The van der Waals surface area contributed by atoms with Crippen LogP contribution in [-0.4, -0.2) is 13.1 Å². The number of carbonyl (C=O) groups is 1. The second-order valence-corrected chi connectivity index (χ2v) is 2.91. The van der Waals surface area contributed by atoms with E-state index in [9.17, 15) is 4.79 Å². The van der Waals surface area contributed by atoms with Gasteiger partial charge in [-0.2, -0.15) is 0 Å². The average Bonchev–Trinajstić information content (AvgIpc) is 2.07. The van der Waals surface area contributed by atoms with Crippen molar-refractivity contribution >= 4 is 6.47 Å². The van der Waals surface area contributed by atoms with Crippen molar-refractivity contribution in [3.05, 3.63) is 12.2 Å². The van der Waals surface area contributed by atoms with E-state index in [0.29, 0.717) is 13.1 Å². The van der Waals surface area contributed by atoms with Gasteiger partial charge in [0.15, 0.2) is 0 Å². The molecule has 0 radical (unpaired) electrons. The van der Waals surface area contributed by atoms with Crippen LogP contribution < -0.4 is 0 Å². The van der Waals surface area contributed by atoms with Crippen LogP contribution in [0.4, 0.5) is 0 Å². The molecule has 2 nitrogen and oxygen atoms in total. The van der Waals surface area contributed by atoms with Crippen molar-refractivity contribution < 1.29 is 9.53 Å². The number of rotatable bonds is 4. The topological polar surface area (TPSA) is 26.3 Å². The van der Waals surface area contributed by atoms with Gasteiger partial charge < -0.3 is 4.74 Å². The Hall–Kier alpha value is -0.790. The lowest BCUT2D eigenvalue weighted by Crippen LogP contribution is -2.06. The number of hydrogen-bond acceptors (Lipinski definition) is 2. The standard InChI is InChI=1S/C9H14O2/c10-8-11-7-6-9-4-2-1-3-5-9/h1-2,8-9H,3-7H2/t9-/m1/s1. The van der Waals surface area contributed by atoms with Gasteiger partial charge in [0.05, 0.1) is 6.61 Å². The van der Waals surface area contributed by atoms with E-state index in [1.807, 2.05) is 0 Å². The van der Waals surface area contributed by atoms with Crippen molar-refractivity contribution in [3.63, 3.8) is 0 Å². The van der Waals surface area contributed by atoms with Gasteiger partial charge in [0.25, 0.3) is 6.47 Å².